The molecular formula is C28H26O6. The van der Waals surface area contributed by atoms with Crippen LogP contribution < -0.4 is 20.7 Å². The predicted molar refractivity (Wildman–Crippen MR) is 132 cm³/mol. The minimum absolute atomic E-state index is 0.368. The van der Waals surface area contributed by atoms with E-state index in [0.29, 0.717) is 29.4 Å². The molecule has 6 nitrogen and oxygen atoms in total. The van der Waals surface area contributed by atoms with Gasteiger partial charge in [-0.3, -0.25) is 0 Å². The number of benzene rings is 2. The fourth-order valence-electron chi connectivity index (χ4n) is 3.07. The first-order chi connectivity index (χ1) is 16.6. The van der Waals surface area contributed by atoms with Crippen LogP contribution in [0.1, 0.15) is 22.6 Å². The maximum atomic E-state index is 11.2. The van der Waals surface area contributed by atoms with Gasteiger partial charge in [0.25, 0.3) is 0 Å². The summed E-state index contributed by atoms with van der Waals surface area (Å²) in [5.74, 6) is 2.16. The minimum atomic E-state index is -0.419. The summed E-state index contributed by atoms with van der Waals surface area (Å²) in [6, 6.07) is 25.9. The molecule has 6 heteroatoms. The maximum Gasteiger partial charge on any atom is 0.339 e. The largest absolute Gasteiger partial charge is 0.496 e. The molecule has 0 N–H and O–H groups in total. The van der Waals surface area contributed by atoms with Gasteiger partial charge in [-0.25, -0.2) is 9.59 Å². The lowest BCUT2D eigenvalue weighted by Crippen LogP contribution is -2.02. The van der Waals surface area contributed by atoms with Crippen LogP contribution in [-0.2, 0) is 12.8 Å². The summed E-state index contributed by atoms with van der Waals surface area (Å²) in [6.07, 6.45) is 5.14. The number of rotatable bonds is 7. The SMILES string of the molecule is COc1cc(/C=C/c2ccccc2)oc(=O)c1.COc1cc(CCc2ccccc2)oc(=O)c1. The second-order valence-corrected chi connectivity index (χ2v) is 7.23. The van der Waals surface area contributed by atoms with E-state index in [4.69, 9.17) is 18.3 Å². The third-order valence-corrected chi connectivity index (χ3v) is 4.77. The predicted octanol–water partition coefficient (Wildman–Crippen LogP) is 5.25. The second kappa shape index (κ2) is 12.6. The van der Waals surface area contributed by atoms with Crippen molar-refractivity contribution in [1.29, 1.82) is 0 Å². The molecule has 0 saturated heterocycles. The van der Waals surface area contributed by atoms with Crippen molar-refractivity contribution in [2.24, 2.45) is 0 Å². The van der Waals surface area contributed by atoms with E-state index in [1.165, 1.54) is 31.9 Å². The molecule has 0 radical (unpaired) electrons. The lowest BCUT2D eigenvalue weighted by molar-refractivity contribution is 0.392. The molecule has 4 aromatic rings. The van der Waals surface area contributed by atoms with Gasteiger partial charge in [0, 0.05) is 18.6 Å². The van der Waals surface area contributed by atoms with Crippen molar-refractivity contribution in [1.82, 2.24) is 0 Å². The highest BCUT2D eigenvalue weighted by Gasteiger charge is 2.02. The summed E-state index contributed by atoms with van der Waals surface area (Å²) in [7, 11) is 3.05. The van der Waals surface area contributed by atoms with Crippen molar-refractivity contribution < 1.29 is 18.3 Å². The molecule has 0 aliphatic carbocycles. The Kier molecular flexibility index (Phi) is 9.05. The van der Waals surface area contributed by atoms with E-state index in [0.717, 1.165) is 12.0 Å². The first-order valence-electron chi connectivity index (χ1n) is 10.7. The van der Waals surface area contributed by atoms with Crippen LogP contribution in [0.3, 0.4) is 0 Å². The zero-order valence-electron chi connectivity index (χ0n) is 19.1. The van der Waals surface area contributed by atoms with Crippen LogP contribution in [-0.4, -0.2) is 14.2 Å². The molecule has 0 amide bonds. The highest BCUT2D eigenvalue weighted by atomic mass is 16.5. The first-order valence-corrected chi connectivity index (χ1v) is 10.7. The van der Waals surface area contributed by atoms with Gasteiger partial charge in [0.2, 0.25) is 0 Å². The molecule has 0 atom stereocenters. The van der Waals surface area contributed by atoms with Crippen molar-refractivity contribution in [2.45, 2.75) is 12.8 Å². The number of methoxy groups -OCH3 is 2. The standard InChI is InChI=1S/C14H14O3.C14H12O3/c2*1-16-13-9-12(17-14(15)10-13)8-7-11-5-3-2-4-6-11/h2-6,9-10H,7-8H2,1H3;2-10H,1H3/b;8-7+. The van der Waals surface area contributed by atoms with E-state index in [-0.39, 0.29) is 5.63 Å². The Morgan fingerprint density at radius 1 is 0.676 bits per heavy atom. The summed E-state index contributed by atoms with van der Waals surface area (Å²) in [5.41, 5.74) is 1.47. The Morgan fingerprint density at radius 2 is 1.26 bits per heavy atom. The third kappa shape index (κ3) is 7.98. The Balaban J connectivity index is 0.000000191. The van der Waals surface area contributed by atoms with Gasteiger partial charge in [0.1, 0.15) is 23.0 Å². The van der Waals surface area contributed by atoms with Gasteiger partial charge < -0.3 is 18.3 Å². The molecule has 0 fully saturated rings. The Hall–Kier alpha value is -4.32. The summed E-state index contributed by atoms with van der Waals surface area (Å²) in [6.45, 7) is 0. The number of ether oxygens (including phenoxy) is 2. The van der Waals surface area contributed by atoms with Crippen molar-refractivity contribution in [3.8, 4) is 11.5 Å². The Labute approximate surface area is 197 Å². The van der Waals surface area contributed by atoms with Gasteiger partial charge in [-0.05, 0) is 23.6 Å². The van der Waals surface area contributed by atoms with Crippen LogP contribution in [0.5, 0.6) is 11.5 Å². The average Bonchev–Trinajstić information content (AvgIpc) is 2.87. The summed E-state index contributed by atoms with van der Waals surface area (Å²) in [5, 5.41) is 0. The smallest absolute Gasteiger partial charge is 0.339 e. The fourth-order valence-corrected chi connectivity index (χ4v) is 3.07. The van der Waals surface area contributed by atoms with E-state index in [1.807, 2.05) is 54.6 Å². The quantitative estimate of drug-likeness (QED) is 0.376. The van der Waals surface area contributed by atoms with Gasteiger partial charge in [-0.2, -0.15) is 0 Å². The van der Waals surface area contributed by atoms with Crippen molar-refractivity contribution in [3.05, 3.63) is 128 Å². The molecule has 4 rings (SSSR count). The van der Waals surface area contributed by atoms with Gasteiger partial charge in [-0.15, -0.1) is 0 Å². The monoisotopic (exact) mass is 458 g/mol. The summed E-state index contributed by atoms with van der Waals surface area (Å²) >= 11 is 0. The van der Waals surface area contributed by atoms with Gasteiger partial charge in [0.15, 0.2) is 0 Å². The Morgan fingerprint density at radius 3 is 1.91 bits per heavy atom. The number of hydrogen-bond donors (Lipinski definition) is 0. The van der Waals surface area contributed by atoms with E-state index >= 15 is 0 Å². The lowest BCUT2D eigenvalue weighted by atomic mass is 10.1. The third-order valence-electron chi connectivity index (χ3n) is 4.77. The van der Waals surface area contributed by atoms with Crippen molar-refractivity contribution in [2.75, 3.05) is 14.2 Å². The zero-order chi connectivity index (χ0) is 24.2. The van der Waals surface area contributed by atoms with Crippen LogP contribution >= 0.6 is 0 Å². The molecule has 0 bridgehead atoms. The van der Waals surface area contributed by atoms with Crippen LogP contribution in [0.15, 0.2) is 103 Å². The van der Waals surface area contributed by atoms with E-state index in [9.17, 15) is 9.59 Å². The van der Waals surface area contributed by atoms with E-state index in [1.54, 1.807) is 18.2 Å². The van der Waals surface area contributed by atoms with E-state index < -0.39 is 5.63 Å². The Bertz CT molecular complexity index is 1300. The molecule has 0 aliphatic heterocycles. The zero-order valence-corrected chi connectivity index (χ0v) is 19.1. The maximum absolute atomic E-state index is 11.2. The second-order valence-electron chi connectivity index (χ2n) is 7.23. The number of hydrogen-bond acceptors (Lipinski definition) is 6. The van der Waals surface area contributed by atoms with Crippen molar-refractivity contribution >= 4 is 12.2 Å². The molecule has 0 aliphatic rings. The van der Waals surface area contributed by atoms with Crippen LogP contribution in [0, 0.1) is 0 Å². The number of aryl methyl sites for hydroxylation is 2. The van der Waals surface area contributed by atoms with Crippen LogP contribution in [0.25, 0.3) is 12.2 Å². The summed E-state index contributed by atoms with van der Waals surface area (Å²) < 4.78 is 20.1. The normalized spacial score (nSPS) is 10.4. The molecule has 174 valence electrons. The lowest BCUT2D eigenvalue weighted by Gasteiger charge is -2.03. The van der Waals surface area contributed by atoms with Crippen LogP contribution in [0.2, 0.25) is 0 Å². The van der Waals surface area contributed by atoms with Crippen LogP contribution in [0.4, 0.5) is 0 Å². The topological polar surface area (TPSA) is 78.9 Å². The van der Waals surface area contributed by atoms with Gasteiger partial charge >= 0.3 is 11.3 Å². The van der Waals surface area contributed by atoms with Gasteiger partial charge in [-0.1, -0.05) is 66.7 Å². The minimum Gasteiger partial charge on any atom is -0.496 e. The highest BCUT2D eigenvalue weighted by Crippen LogP contribution is 2.13. The van der Waals surface area contributed by atoms with Gasteiger partial charge in [0.05, 0.1) is 26.4 Å². The molecule has 34 heavy (non-hydrogen) atoms. The van der Waals surface area contributed by atoms with E-state index in [2.05, 4.69) is 12.1 Å². The average molecular weight is 459 g/mol. The molecule has 2 aromatic carbocycles. The highest BCUT2D eigenvalue weighted by molar-refractivity contribution is 5.67. The first kappa shape index (κ1) is 24.3. The summed E-state index contributed by atoms with van der Waals surface area (Å²) in [4.78, 5) is 22.4. The fraction of sp³-hybridized carbons (Fsp3) is 0.143. The molecule has 0 unspecified atom stereocenters. The van der Waals surface area contributed by atoms with Crippen molar-refractivity contribution in [3.63, 3.8) is 0 Å². The molecule has 0 spiro atoms. The molecule has 0 saturated carbocycles. The molecule has 2 aromatic heterocycles. The molecular weight excluding hydrogens is 432 g/mol. The molecule has 2 heterocycles.